The Morgan fingerprint density at radius 2 is 1.74 bits per heavy atom. The van der Waals surface area contributed by atoms with Gasteiger partial charge in [0.1, 0.15) is 30.2 Å². The van der Waals surface area contributed by atoms with E-state index in [0.717, 1.165) is 16.9 Å². The van der Waals surface area contributed by atoms with Crippen molar-refractivity contribution in [2.45, 2.75) is 72.7 Å². The quantitative estimate of drug-likeness (QED) is 0.345. The van der Waals surface area contributed by atoms with Crippen molar-refractivity contribution in [2.24, 2.45) is 0 Å². The summed E-state index contributed by atoms with van der Waals surface area (Å²) in [6.07, 6.45) is -3.66. The fourth-order valence-electron chi connectivity index (χ4n) is 4.13. The van der Waals surface area contributed by atoms with Gasteiger partial charge >= 0.3 is 0 Å². The maximum Gasteiger partial charge on any atom is 0.163 e. The van der Waals surface area contributed by atoms with E-state index in [1.807, 2.05) is 24.3 Å². The molecule has 1 saturated heterocycles. The summed E-state index contributed by atoms with van der Waals surface area (Å²) in [5.41, 5.74) is 0.798. The molecule has 0 aliphatic carbocycles. The van der Waals surface area contributed by atoms with Crippen molar-refractivity contribution in [2.75, 3.05) is 6.61 Å². The van der Waals surface area contributed by atoms with Crippen molar-refractivity contribution in [3.8, 4) is 0 Å². The summed E-state index contributed by atoms with van der Waals surface area (Å²) >= 11 is 1.35. The predicted octanol–water partition coefficient (Wildman–Crippen LogP) is 2.61. The van der Waals surface area contributed by atoms with Gasteiger partial charge in [-0.2, -0.15) is 0 Å². The molecule has 2 heterocycles. The van der Waals surface area contributed by atoms with E-state index in [0.29, 0.717) is 22.2 Å². The Balaban J connectivity index is 1.65. The first-order valence-electron chi connectivity index (χ1n) is 11.2. The lowest BCUT2D eigenvalue weighted by molar-refractivity contribution is -0.250. The third-order valence-electron chi connectivity index (χ3n) is 6.09. The topological polar surface area (TPSA) is 115 Å². The molecular weight excluding hydrogens is 461 g/mol. The van der Waals surface area contributed by atoms with Crippen LogP contribution in [0.25, 0.3) is 10.9 Å². The van der Waals surface area contributed by atoms with Crippen molar-refractivity contribution in [3.05, 3.63) is 60.0 Å². The van der Waals surface area contributed by atoms with Gasteiger partial charge in [-0.3, -0.25) is 0 Å². The molecule has 1 aromatic heterocycles. The highest BCUT2D eigenvalue weighted by Gasteiger charge is 2.44. The van der Waals surface area contributed by atoms with E-state index in [9.17, 15) is 29.9 Å². The number of benzene rings is 2. The lowest BCUT2D eigenvalue weighted by Crippen LogP contribution is -2.56. The van der Waals surface area contributed by atoms with Gasteiger partial charge in [-0.1, -0.05) is 30.0 Å². The van der Waals surface area contributed by atoms with E-state index < -0.39 is 48.7 Å². The van der Waals surface area contributed by atoms with E-state index in [1.165, 1.54) is 22.4 Å². The molecule has 1 fully saturated rings. The van der Waals surface area contributed by atoms with E-state index in [2.05, 4.69) is 0 Å². The van der Waals surface area contributed by atoms with Gasteiger partial charge in [-0.25, -0.2) is 4.39 Å². The van der Waals surface area contributed by atoms with Gasteiger partial charge in [0.05, 0.1) is 17.7 Å². The minimum atomic E-state index is -1.53. The zero-order valence-electron chi connectivity index (χ0n) is 19.0. The summed E-state index contributed by atoms with van der Waals surface area (Å²) in [6.45, 7) is 3.00. The van der Waals surface area contributed by atoms with Gasteiger partial charge in [0, 0.05) is 21.4 Å². The second kappa shape index (κ2) is 9.94. The number of nitrogens with zero attached hydrogens (tertiary/aromatic N) is 1. The first-order chi connectivity index (χ1) is 16.1. The minimum absolute atomic E-state index is 0.343. The van der Waals surface area contributed by atoms with Gasteiger partial charge in [-0.05, 0) is 56.5 Å². The molecule has 4 rings (SSSR count). The Morgan fingerprint density at radius 1 is 1.03 bits per heavy atom. The molecule has 5 atom stereocenters. The molecule has 34 heavy (non-hydrogen) atoms. The van der Waals surface area contributed by atoms with E-state index in [-0.39, 0.29) is 0 Å². The van der Waals surface area contributed by atoms with Crippen LogP contribution in [-0.2, 0) is 11.2 Å². The summed E-state index contributed by atoms with van der Waals surface area (Å²) in [6, 6.07) is 12.4. The maximum absolute atomic E-state index is 14.9. The Bertz CT molecular complexity index is 1130. The fourth-order valence-corrected chi connectivity index (χ4v) is 5.13. The summed E-state index contributed by atoms with van der Waals surface area (Å²) in [5.74, 6) is -0.440. The highest BCUT2D eigenvalue weighted by Crippen LogP contribution is 2.40. The summed E-state index contributed by atoms with van der Waals surface area (Å²) in [7, 11) is 0. The second-order valence-corrected chi connectivity index (χ2v) is 10.4. The molecule has 0 unspecified atom stereocenters. The normalized spacial score (nSPS) is 25.7. The van der Waals surface area contributed by atoms with Crippen LogP contribution in [0.5, 0.6) is 0 Å². The zero-order chi connectivity index (χ0) is 24.6. The molecule has 184 valence electrons. The van der Waals surface area contributed by atoms with Crippen LogP contribution in [0, 0.1) is 5.82 Å². The number of aryl methyl sites for hydroxylation is 1. The van der Waals surface area contributed by atoms with Crippen LogP contribution in [0.15, 0.2) is 58.5 Å². The smallest absolute Gasteiger partial charge is 0.163 e. The lowest BCUT2D eigenvalue weighted by atomic mass is 9.98. The van der Waals surface area contributed by atoms with Crippen molar-refractivity contribution < 1.29 is 34.7 Å². The van der Waals surface area contributed by atoms with Gasteiger partial charge in [0.2, 0.25) is 0 Å². The number of aliphatic hydroxyl groups excluding tert-OH is 4. The molecule has 0 bridgehead atoms. The highest BCUT2D eigenvalue weighted by molar-refractivity contribution is 7.99. The molecule has 0 spiro atoms. The average molecular weight is 492 g/mol. The Kier molecular flexibility index (Phi) is 7.35. The zero-order valence-corrected chi connectivity index (χ0v) is 19.8. The number of aliphatic hydroxyl groups is 5. The molecule has 1 aliphatic heterocycles. The SMILES string of the molecule is CC(C)(O)CCc1ccc(Sc2cn([C@@H]3O[C@H](CO)[C@@H](O)[C@H](O)[C@H]3O)c3cccc(F)c23)cc1. The molecule has 0 radical (unpaired) electrons. The van der Waals surface area contributed by atoms with Crippen LogP contribution < -0.4 is 0 Å². The van der Waals surface area contributed by atoms with Crippen molar-refractivity contribution >= 4 is 22.7 Å². The monoisotopic (exact) mass is 491 g/mol. The first kappa shape index (κ1) is 25.1. The first-order valence-corrected chi connectivity index (χ1v) is 12.0. The summed E-state index contributed by atoms with van der Waals surface area (Å²) < 4.78 is 22.1. The number of rotatable bonds is 7. The van der Waals surface area contributed by atoms with E-state index >= 15 is 0 Å². The summed E-state index contributed by atoms with van der Waals surface area (Å²) in [5, 5.41) is 50.7. The third kappa shape index (κ3) is 5.16. The van der Waals surface area contributed by atoms with Crippen LogP contribution in [0.4, 0.5) is 4.39 Å². The molecule has 1 aliphatic rings. The van der Waals surface area contributed by atoms with Gasteiger partial charge in [0.15, 0.2) is 6.23 Å². The predicted molar refractivity (Wildman–Crippen MR) is 126 cm³/mol. The van der Waals surface area contributed by atoms with Crippen LogP contribution in [0.2, 0.25) is 0 Å². The van der Waals surface area contributed by atoms with Crippen LogP contribution in [-0.4, -0.2) is 66.7 Å². The third-order valence-corrected chi connectivity index (χ3v) is 7.13. The molecule has 7 nitrogen and oxygen atoms in total. The number of hydrogen-bond donors (Lipinski definition) is 5. The van der Waals surface area contributed by atoms with Gasteiger partial charge in [0.25, 0.3) is 0 Å². The largest absolute Gasteiger partial charge is 0.394 e. The van der Waals surface area contributed by atoms with Gasteiger partial charge < -0.3 is 34.8 Å². The molecule has 2 aromatic carbocycles. The minimum Gasteiger partial charge on any atom is -0.394 e. The molecule has 0 saturated carbocycles. The Morgan fingerprint density at radius 3 is 2.38 bits per heavy atom. The highest BCUT2D eigenvalue weighted by atomic mass is 32.2. The van der Waals surface area contributed by atoms with Crippen LogP contribution >= 0.6 is 11.8 Å². The molecule has 3 aromatic rings. The van der Waals surface area contributed by atoms with Crippen molar-refractivity contribution in [1.29, 1.82) is 0 Å². The van der Waals surface area contributed by atoms with Gasteiger partial charge in [-0.15, -0.1) is 0 Å². The number of ether oxygens (including phenoxy) is 1. The Hall–Kier alpha value is -1.98. The molecule has 9 heteroatoms. The number of fused-ring (bicyclic) bond motifs is 1. The fraction of sp³-hybridized carbons (Fsp3) is 0.440. The second-order valence-electron chi connectivity index (χ2n) is 9.31. The van der Waals surface area contributed by atoms with E-state index in [4.69, 9.17) is 4.74 Å². The number of aromatic nitrogens is 1. The van der Waals surface area contributed by atoms with E-state index in [1.54, 1.807) is 32.2 Å². The molecule has 5 N–H and O–H groups in total. The summed E-state index contributed by atoms with van der Waals surface area (Å²) in [4.78, 5) is 1.47. The van der Waals surface area contributed by atoms with Crippen molar-refractivity contribution in [3.63, 3.8) is 0 Å². The van der Waals surface area contributed by atoms with Crippen LogP contribution in [0.3, 0.4) is 0 Å². The molecule has 0 amide bonds. The molecular formula is C25H30FNO6S. The number of hydrogen-bond acceptors (Lipinski definition) is 7. The Labute approximate surface area is 201 Å². The lowest BCUT2D eigenvalue weighted by Gasteiger charge is -2.40. The maximum atomic E-state index is 14.9. The van der Waals surface area contributed by atoms with Crippen LogP contribution in [0.1, 0.15) is 32.1 Å². The number of halogens is 1. The van der Waals surface area contributed by atoms with Crippen molar-refractivity contribution in [1.82, 2.24) is 4.57 Å². The standard InChI is InChI=1S/C25H30FNO6S/c1-25(2,32)11-10-14-6-8-15(9-7-14)34-19-12-27(17-5-3-4-16(26)20(17)19)24-23(31)22(30)21(29)18(13-28)33-24/h3-9,12,18,21-24,28-32H,10-11,13H2,1-2H3/t18-,21-,22+,23-,24-/m1/s1. The average Bonchev–Trinajstić information content (AvgIpc) is 3.16.